The molecule has 0 aromatic heterocycles. The second-order valence-electron chi connectivity index (χ2n) is 6.48. The number of piperazine rings is 1. The van der Waals surface area contributed by atoms with Gasteiger partial charge in [-0.25, -0.2) is 0 Å². The highest BCUT2D eigenvalue weighted by Crippen LogP contribution is 2.30. The Labute approximate surface area is 140 Å². The van der Waals surface area contributed by atoms with E-state index in [0.717, 1.165) is 37.4 Å². The van der Waals surface area contributed by atoms with E-state index in [2.05, 4.69) is 21.6 Å². The highest BCUT2D eigenvalue weighted by molar-refractivity contribution is 6.05. The van der Waals surface area contributed by atoms with Crippen molar-refractivity contribution in [2.24, 2.45) is 0 Å². The third-order valence-corrected chi connectivity index (χ3v) is 4.99. The number of benzene rings is 1. The summed E-state index contributed by atoms with van der Waals surface area (Å²) in [7, 11) is 0. The first-order valence-electron chi connectivity index (χ1n) is 8.37. The fourth-order valence-electron chi connectivity index (χ4n) is 3.68. The number of carbonyl (C=O) groups excluding carboxylic acids is 3. The number of amides is 3. The van der Waals surface area contributed by atoms with Gasteiger partial charge in [-0.1, -0.05) is 0 Å². The molecule has 3 amide bonds. The van der Waals surface area contributed by atoms with Crippen LogP contribution in [0.4, 0.5) is 5.69 Å². The average molecular weight is 328 g/mol. The van der Waals surface area contributed by atoms with Crippen molar-refractivity contribution in [1.82, 2.24) is 15.5 Å². The van der Waals surface area contributed by atoms with Crippen LogP contribution < -0.4 is 15.5 Å². The minimum atomic E-state index is -0.551. The van der Waals surface area contributed by atoms with Gasteiger partial charge in [0.1, 0.15) is 6.04 Å². The standard InChI is InChI=1S/C17H20N4O3/c22-15-4-3-14(16(23)19-15)21-10-11-9-12(1-2-13(11)17(21)24)20-7-5-18-6-8-20/h1-2,9,14,18H,3-8,10H2,(H,19,22,23)/t14-/m0/s1. The Hall–Kier alpha value is -2.41. The molecule has 1 atom stereocenters. The molecule has 3 aliphatic heterocycles. The minimum Gasteiger partial charge on any atom is -0.369 e. The minimum absolute atomic E-state index is 0.119. The number of carbonyl (C=O) groups is 3. The fraction of sp³-hybridized carbons (Fsp3) is 0.471. The third kappa shape index (κ3) is 2.54. The molecule has 0 spiro atoms. The normalized spacial score (nSPS) is 24.2. The summed E-state index contributed by atoms with van der Waals surface area (Å²) in [4.78, 5) is 39.9. The molecule has 2 fully saturated rings. The van der Waals surface area contributed by atoms with Gasteiger partial charge in [0.05, 0.1) is 0 Å². The van der Waals surface area contributed by atoms with Gasteiger partial charge in [-0.2, -0.15) is 0 Å². The number of piperidine rings is 1. The van der Waals surface area contributed by atoms with Crippen LogP contribution in [0.3, 0.4) is 0 Å². The molecule has 2 saturated heterocycles. The number of fused-ring (bicyclic) bond motifs is 1. The number of hydrogen-bond acceptors (Lipinski definition) is 5. The molecular weight excluding hydrogens is 308 g/mol. The molecule has 0 aliphatic carbocycles. The van der Waals surface area contributed by atoms with Crippen molar-refractivity contribution in [3.8, 4) is 0 Å². The van der Waals surface area contributed by atoms with Gasteiger partial charge in [0.15, 0.2) is 0 Å². The Morgan fingerprint density at radius 1 is 1.08 bits per heavy atom. The molecule has 7 nitrogen and oxygen atoms in total. The first kappa shape index (κ1) is 15.1. The quantitative estimate of drug-likeness (QED) is 0.739. The Kier molecular flexibility index (Phi) is 3.72. The molecule has 4 rings (SSSR count). The maximum atomic E-state index is 12.6. The van der Waals surface area contributed by atoms with Crippen molar-refractivity contribution >= 4 is 23.4 Å². The predicted octanol–water partition coefficient (Wildman–Crippen LogP) is -0.143. The largest absolute Gasteiger partial charge is 0.369 e. The summed E-state index contributed by atoms with van der Waals surface area (Å²) in [6.07, 6.45) is 0.678. The van der Waals surface area contributed by atoms with E-state index in [0.29, 0.717) is 18.5 Å². The number of anilines is 1. The van der Waals surface area contributed by atoms with Crippen LogP contribution in [-0.4, -0.2) is 54.8 Å². The zero-order valence-corrected chi connectivity index (χ0v) is 13.4. The summed E-state index contributed by atoms with van der Waals surface area (Å²) in [5.41, 5.74) is 2.74. The summed E-state index contributed by atoms with van der Waals surface area (Å²) < 4.78 is 0. The zero-order chi connectivity index (χ0) is 16.7. The van der Waals surface area contributed by atoms with Crippen LogP contribution in [-0.2, 0) is 16.1 Å². The lowest BCUT2D eigenvalue weighted by Gasteiger charge is -2.30. The van der Waals surface area contributed by atoms with Crippen molar-refractivity contribution < 1.29 is 14.4 Å². The lowest BCUT2D eigenvalue weighted by molar-refractivity contribution is -0.136. The summed E-state index contributed by atoms with van der Waals surface area (Å²) in [5, 5.41) is 5.66. The summed E-state index contributed by atoms with van der Waals surface area (Å²) in [6.45, 7) is 4.24. The van der Waals surface area contributed by atoms with Crippen LogP contribution in [0.5, 0.6) is 0 Å². The van der Waals surface area contributed by atoms with Gasteiger partial charge in [0.2, 0.25) is 11.8 Å². The lowest BCUT2D eigenvalue weighted by atomic mass is 10.0. The molecule has 126 valence electrons. The molecule has 1 aromatic carbocycles. The number of nitrogens with one attached hydrogen (secondary N) is 2. The van der Waals surface area contributed by atoms with Gasteiger partial charge < -0.3 is 15.1 Å². The molecule has 1 aromatic rings. The second kappa shape index (κ2) is 5.90. The Balaban J connectivity index is 1.55. The maximum absolute atomic E-state index is 12.6. The third-order valence-electron chi connectivity index (χ3n) is 4.99. The highest BCUT2D eigenvalue weighted by Gasteiger charge is 2.39. The van der Waals surface area contributed by atoms with Crippen molar-refractivity contribution in [3.63, 3.8) is 0 Å². The van der Waals surface area contributed by atoms with Gasteiger partial charge >= 0.3 is 0 Å². The molecule has 0 unspecified atom stereocenters. The molecule has 0 radical (unpaired) electrons. The Morgan fingerprint density at radius 3 is 2.62 bits per heavy atom. The van der Waals surface area contributed by atoms with E-state index in [1.165, 1.54) is 0 Å². The maximum Gasteiger partial charge on any atom is 0.255 e. The predicted molar refractivity (Wildman–Crippen MR) is 87.6 cm³/mol. The molecule has 0 saturated carbocycles. The number of hydrogen-bond donors (Lipinski definition) is 2. The van der Waals surface area contributed by atoms with E-state index >= 15 is 0 Å². The molecule has 2 N–H and O–H groups in total. The van der Waals surface area contributed by atoms with E-state index in [4.69, 9.17) is 0 Å². The summed E-state index contributed by atoms with van der Waals surface area (Å²) >= 11 is 0. The number of imide groups is 1. The van der Waals surface area contributed by atoms with E-state index in [1.54, 1.807) is 4.90 Å². The lowest BCUT2D eigenvalue weighted by Crippen LogP contribution is -2.52. The second-order valence-corrected chi connectivity index (χ2v) is 6.48. The summed E-state index contributed by atoms with van der Waals surface area (Å²) in [5.74, 6) is -0.748. The van der Waals surface area contributed by atoms with Gasteiger partial charge in [-0.05, 0) is 30.2 Å². The van der Waals surface area contributed by atoms with Crippen molar-refractivity contribution in [3.05, 3.63) is 29.3 Å². The van der Waals surface area contributed by atoms with Crippen LogP contribution in [0.2, 0.25) is 0 Å². The molecule has 0 bridgehead atoms. The molecule has 7 heteroatoms. The molecular formula is C17H20N4O3. The van der Waals surface area contributed by atoms with Crippen molar-refractivity contribution in [2.75, 3.05) is 31.1 Å². The van der Waals surface area contributed by atoms with Crippen LogP contribution >= 0.6 is 0 Å². The van der Waals surface area contributed by atoms with Gasteiger partial charge in [-0.15, -0.1) is 0 Å². The SMILES string of the molecule is O=C1CC[C@H](N2Cc3cc(N4CCNCC4)ccc3C2=O)C(=O)N1. The van der Waals surface area contributed by atoms with Gasteiger partial charge in [0.25, 0.3) is 5.91 Å². The zero-order valence-electron chi connectivity index (χ0n) is 13.4. The van der Waals surface area contributed by atoms with Gasteiger partial charge in [0, 0.05) is 50.4 Å². The monoisotopic (exact) mass is 328 g/mol. The number of rotatable bonds is 2. The van der Waals surface area contributed by atoms with E-state index in [-0.39, 0.29) is 24.1 Å². The van der Waals surface area contributed by atoms with Crippen molar-refractivity contribution in [2.45, 2.75) is 25.4 Å². The van der Waals surface area contributed by atoms with Crippen LogP contribution in [0, 0.1) is 0 Å². The Morgan fingerprint density at radius 2 is 1.88 bits per heavy atom. The smallest absolute Gasteiger partial charge is 0.255 e. The van der Waals surface area contributed by atoms with E-state index in [1.807, 2.05) is 12.1 Å². The van der Waals surface area contributed by atoms with E-state index in [9.17, 15) is 14.4 Å². The van der Waals surface area contributed by atoms with Crippen LogP contribution in [0.15, 0.2) is 18.2 Å². The topological polar surface area (TPSA) is 81.8 Å². The van der Waals surface area contributed by atoms with Crippen molar-refractivity contribution in [1.29, 1.82) is 0 Å². The highest BCUT2D eigenvalue weighted by atomic mass is 16.2. The van der Waals surface area contributed by atoms with Gasteiger partial charge in [-0.3, -0.25) is 19.7 Å². The van der Waals surface area contributed by atoms with Crippen LogP contribution in [0.1, 0.15) is 28.8 Å². The fourth-order valence-corrected chi connectivity index (χ4v) is 3.68. The van der Waals surface area contributed by atoms with E-state index < -0.39 is 6.04 Å². The Bertz CT molecular complexity index is 712. The molecule has 3 heterocycles. The first-order chi connectivity index (χ1) is 11.6. The first-order valence-corrected chi connectivity index (χ1v) is 8.37. The number of nitrogens with zero attached hydrogens (tertiary/aromatic N) is 2. The average Bonchev–Trinajstić information content (AvgIpc) is 2.92. The molecule has 24 heavy (non-hydrogen) atoms. The summed E-state index contributed by atoms with van der Waals surface area (Å²) in [6, 6.07) is 5.35. The molecule has 3 aliphatic rings. The van der Waals surface area contributed by atoms with Crippen LogP contribution in [0.25, 0.3) is 0 Å².